The standard InChI is InChI=1S/C24H26N2O6S/c1-13(2)32-21(27)12-25-22(28)20(33-24(25)30)11-17-10-14(3)26(16(17)5)19-9-7-8-18(15(19)4)23(29)31-6/h7-11,13H,12H2,1-6H3/b20-11+. The molecule has 0 unspecified atom stereocenters. The van der Waals surface area contributed by atoms with Crippen molar-refractivity contribution in [2.24, 2.45) is 0 Å². The monoisotopic (exact) mass is 470 g/mol. The second kappa shape index (κ2) is 9.66. The zero-order chi connectivity index (χ0) is 24.4. The molecule has 3 rings (SSSR count). The van der Waals surface area contributed by atoms with Gasteiger partial charge in [0.15, 0.2) is 0 Å². The van der Waals surface area contributed by atoms with E-state index in [1.54, 1.807) is 32.1 Å². The molecule has 0 spiro atoms. The summed E-state index contributed by atoms with van der Waals surface area (Å²) in [5.74, 6) is -1.58. The fourth-order valence-electron chi connectivity index (χ4n) is 3.71. The Hall–Kier alpha value is -3.33. The van der Waals surface area contributed by atoms with Gasteiger partial charge in [-0.15, -0.1) is 0 Å². The molecule has 0 N–H and O–H groups in total. The van der Waals surface area contributed by atoms with Gasteiger partial charge in [0, 0.05) is 17.1 Å². The zero-order valence-electron chi connectivity index (χ0n) is 19.4. The van der Waals surface area contributed by atoms with E-state index in [1.807, 2.05) is 37.5 Å². The molecule has 0 radical (unpaired) electrons. The third-order valence-electron chi connectivity index (χ3n) is 5.24. The summed E-state index contributed by atoms with van der Waals surface area (Å²) in [6.07, 6.45) is 1.32. The minimum absolute atomic E-state index is 0.234. The van der Waals surface area contributed by atoms with Crippen LogP contribution < -0.4 is 0 Å². The molecule has 1 fully saturated rings. The molecule has 1 aromatic heterocycles. The molecule has 1 aromatic carbocycles. The molecule has 174 valence electrons. The molecule has 0 saturated carbocycles. The summed E-state index contributed by atoms with van der Waals surface area (Å²) in [6, 6.07) is 7.30. The minimum Gasteiger partial charge on any atom is -0.465 e. The van der Waals surface area contributed by atoms with Crippen LogP contribution in [-0.4, -0.2) is 52.3 Å². The molecule has 2 amide bonds. The summed E-state index contributed by atoms with van der Waals surface area (Å²) in [4.78, 5) is 50.3. The van der Waals surface area contributed by atoms with Crippen molar-refractivity contribution in [2.75, 3.05) is 13.7 Å². The Kier molecular flexibility index (Phi) is 7.12. The molecule has 1 aliphatic rings. The fraction of sp³-hybridized carbons (Fsp3) is 0.333. The van der Waals surface area contributed by atoms with Gasteiger partial charge in [-0.25, -0.2) is 4.79 Å². The molecular formula is C24H26N2O6S. The quantitative estimate of drug-likeness (QED) is 0.462. The summed E-state index contributed by atoms with van der Waals surface area (Å²) in [5.41, 5.74) is 4.54. The van der Waals surface area contributed by atoms with E-state index in [9.17, 15) is 19.2 Å². The van der Waals surface area contributed by atoms with Gasteiger partial charge in [0.05, 0.1) is 23.7 Å². The second-order valence-corrected chi connectivity index (χ2v) is 8.90. The summed E-state index contributed by atoms with van der Waals surface area (Å²) in [7, 11) is 1.34. The van der Waals surface area contributed by atoms with Gasteiger partial charge in [0.25, 0.3) is 11.1 Å². The predicted octanol–water partition coefficient (Wildman–Crippen LogP) is 4.18. The maximum atomic E-state index is 12.8. The van der Waals surface area contributed by atoms with Crippen molar-refractivity contribution in [1.29, 1.82) is 0 Å². The molecule has 9 heteroatoms. The number of carbonyl (C=O) groups is 4. The Morgan fingerprint density at radius 3 is 2.48 bits per heavy atom. The number of hydrogen-bond donors (Lipinski definition) is 0. The number of nitrogens with zero attached hydrogens (tertiary/aromatic N) is 2. The number of benzene rings is 1. The highest BCUT2D eigenvalue weighted by atomic mass is 32.2. The van der Waals surface area contributed by atoms with Crippen LogP contribution in [0, 0.1) is 20.8 Å². The van der Waals surface area contributed by atoms with Crippen LogP contribution in [0.4, 0.5) is 4.79 Å². The number of aromatic nitrogens is 1. The van der Waals surface area contributed by atoms with Gasteiger partial charge in [-0.05, 0) is 81.8 Å². The van der Waals surface area contributed by atoms with Crippen molar-refractivity contribution in [3.8, 4) is 5.69 Å². The highest BCUT2D eigenvalue weighted by molar-refractivity contribution is 8.18. The van der Waals surface area contributed by atoms with Crippen molar-refractivity contribution in [3.63, 3.8) is 0 Å². The van der Waals surface area contributed by atoms with E-state index in [2.05, 4.69) is 0 Å². The van der Waals surface area contributed by atoms with Crippen molar-refractivity contribution >= 4 is 40.9 Å². The van der Waals surface area contributed by atoms with Crippen LogP contribution in [0.2, 0.25) is 0 Å². The average Bonchev–Trinajstić information content (AvgIpc) is 3.16. The number of carbonyl (C=O) groups excluding carboxylic acids is 4. The van der Waals surface area contributed by atoms with Crippen LogP contribution in [0.25, 0.3) is 11.8 Å². The Morgan fingerprint density at radius 2 is 1.85 bits per heavy atom. The number of aryl methyl sites for hydroxylation is 1. The lowest BCUT2D eigenvalue weighted by Crippen LogP contribution is -2.35. The summed E-state index contributed by atoms with van der Waals surface area (Å²) < 4.78 is 11.9. The Balaban J connectivity index is 1.94. The molecule has 0 aliphatic carbocycles. The predicted molar refractivity (Wildman–Crippen MR) is 125 cm³/mol. The molecule has 2 heterocycles. The van der Waals surface area contributed by atoms with Gasteiger partial charge in [0.2, 0.25) is 0 Å². The van der Waals surface area contributed by atoms with Crippen LogP contribution in [-0.2, 0) is 19.1 Å². The largest absolute Gasteiger partial charge is 0.465 e. The molecular weight excluding hydrogens is 444 g/mol. The number of rotatable bonds is 6. The first-order valence-corrected chi connectivity index (χ1v) is 11.2. The van der Waals surface area contributed by atoms with Crippen LogP contribution in [0.3, 0.4) is 0 Å². The van der Waals surface area contributed by atoms with Crippen LogP contribution >= 0.6 is 11.8 Å². The lowest BCUT2D eigenvalue weighted by atomic mass is 10.1. The van der Waals surface area contributed by atoms with E-state index < -0.39 is 29.6 Å². The second-order valence-electron chi connectivity index (χ2n) is 7.91. The van der Waals surface area contributed by atoms with Crippen molar-refractivity contribution in [1.82, 2.24) is 9.47 Å². The van der Waals surface area contributed by atoms with E-state index >= 15 is 0 Å². The normalized spacial score (nSPS) is 15.0. The van der Waals surface area contributed by atoms with Crippen molar-refractivity contribution in [2.45, 2.75) is 40.7 Å². The first-order chi connectivity index (χ1) is 15.5. The van der Waals surface area contributed by atoms with Gasteiger partial charge in [-0.2, -0.15) is 0 Å². The first kappa shape index (κ1) is 24.3. The number of ether oxygens (including phenoxy) is 2. The summed E-state index contributed by atoms with van der Waals surface area (Å²) in [6.45, 7) is 8.64. The summed E-state index contributed by atoms with van der Waals surface area (Å²) >= 11 is 0.790. The molecule has 1 aliphatic heterocycles. The lowest BCUT2D eigenvalue weighted by molar-refractivity contribution is -0.149. The van der Waals surface area contributed by atoms with Crippen molar-refractivity contribution < 1.29 is 28.7 Å². The number of thioether (sulfide) groups is 1. The van der Waals surface area contributed by atoms with Crippen LogP contribution in [0.15, 0.2) is 29.2 Å². The lowest BCUT2D eigenvalue weighted by Gasteiger charge is -2.15. The Morgan fingerprint density at radius 1 is 1.15 bits per heavy atom. The number of amides is 2. The number of methoxy groups -OCH3 is 1. The topological polar surface area (TPSA) is 94.9 Å². The molecule has 8 nitrogen and oxygen atoms in total. The average molecular weight is 471 g/mol. The van der Waals surface area contributed by atoms with Gasteiger partial charge < -0.3 is 14.0 Å². The third-order valence-corrected chi connectivity index (χ3v) is 6.14. The van der Waals surface area contributed by atoms with Crippen LogP contribution in [0.5, 0.6) is 0 Å². The SMILES string of the molecule is COC(=O)c1cccc(-n2c(C)cc(/C=C3/SC(=O)N(CC(=O)OC(C)C)C3=O)c2C)c1C. The maximum absolute atomic E-state index is 12.8. The van der Waals surface area contributed by atoms with E-state index in [4.69, 9.17) is 9.47 Å². The summed E-state index contributed by atoms with van der Waals surface area (Å²) in [5, 5.41) is -0.512. The maximum Gasteiger partial charge on any atom is 0.338 e. The number of hydrogen-bond acceptors (Lipinski definition) is 7. The highest BCUT2D eigenvalue weighted by Gasteiger charge is 2.37. The van der Waals surface area contributed by atoms with Gasteiger partial charge >= 0.3 is 11.9 Å². The van der Waals surface area contributed by atoms with E-state index in [1.165, 1.54) is 7.11 Å². The smallest absolute Gasteiger partial charge is 0.338 e. The fourth-order valence-corrected chi connectivity index (χ4v) is 4.54. The Labute approximate surface area is 196 Å². The molecule has 33 heavy (non-hydrogen) atoms. The van der Waals surface area contributed by atoms with Crippen LogP contribution in [0.1, 0.15) is 46.7 Å². The molecule has 0 bridgehead atoms. The number of imide groups is 1. The van der Waals surface area contributed by atoms with E-state index in [0.29, 0.717) is 5.56 Å². The Bertz CT molecular complexity index is 1180. The minimum atomic E-state index is -0.632. The van der Waals surface area contributed by atoms with E-state index in [-0.39, 0.29) is 11.0 Å². The van der Waals surface area contributed by atoms with Gasteiger partial charge in [0.1, 0.15) is 6.54 Å². The van der Waals surface area contributed by atoms with Crippen molar-refractivity contribution in [3.05, 3.63) is 57.2 Å². The zero-order valence-corrected chi connectivity index (χ0v) is 20.2. The van der Waals surface area contributed by atoms with E-state index in [0.717, 1.165) is 44.9 Å². The number of esters is 2. The molecule has 0 atom stereocenters. The molecule has 2 aromatic rings. The highest BCUT2D eigenvalue weighted by Crippen LogP contribution is 2.34. The van der Waals surface area contributed by atoms with Gasteiger partial charge in [-0.3, -0.25) is 19.3 Å². The van der Waals surface area contributed by atoms with Gasteiger partial charge in [-0.1, -0.05) is 6.07 Å². The first-order valence-electron chi connectivity index (χ1n) is 10.4. The molecule has 1 saturated heterocycles. The third kappa shape index (κ3) is 4.88.